The molecule has 0 spiro atoms. The van der Waals surface area contributed by atoms with Crippen molar-refractivity contribution in [2.75, 3.05) is 6.61 Å². The summed E-state index contributed by atoms with van der Waals surface area (Å²) in [5.41, 5.74) is 1.52. The van der Waals surface area contributed by atoms with Crippen LogP contribution < -0.4 is 4.74 Å². The molecule has 0 aromatic heterocycles. The molecule has 0 aliphatic rings. The highest BCUT2D eigenvalue weighted by Gasteiger charge is 2.03. The van der Waals surface area contributed by atoms with E-state index in [0.717, 1.165) is 5.56 Å². The van der Waals surface area contributed by atoms with Crippen molar-refractivity contribution in [3.63, 3.8) is 0 Å². The third-order valence-corrected chi connectivity index (χ3v) is 2.22. The van der Waals surface area contributed by atoms with E-state index >= 15 is 0 Å². The molecule has 0 bridgehead atoms. The highest BCUT2D eigenvalue weighted by molar-refractivity contribution is 5.97. The second kappa shape index (κ2) is 5.35. The normalized spacial score (nSPS) is 11.3. The third kappa shape index (κ3) is 3.12. The standard InChI is InChI=1S/C13H16O3/c1-4-16-13-8-11(5-6-12(13)15)7-9(2)10(3)14/h5-8,15H,4H2,1-3H3/b9-7-. The molecule has 0 saturated carbocycles. The number of phenolic OH excluding ortho intramolecular Hbond substituents is 1. The molecule has 16 heavy (non-hydrogen) atoms. The Bertz CT molecular complexity index is 419. The lowest BCUT2D eigenvalue weighted by Gasteiger charge is -2.06. The van der Waals surface area contributed by atoms with Crippen molar-refractivity contribution in [3.8, 4) is 11.5 Å². The van der Waals surface area contributed by atoms with Crippen molar-refractivity contribution in [2.45, 2.75) is 20.8 Å². The molecule has 3 nitrogen and oxygen atoms in total. The number of Topliss-reactive ketones (excluding diaryl/α,β-unsaturated/α-hetero) is 1. The molecule has 1 rings (SSSR count). The number of ether oxygens (including phenoxy) is 1. The summed E-state index contributed by atoms with van der Waals surface area (Å²) >= 11 is 0. The maximum absolute atomic E-state index is 11.1. The van der Waals surface area contributed by atoms with Gasteiger partial charge in [0.2, 0.25) is 0 Å². The smallest absolute Gasteiger partial charge is 0.161 e. The number of allylic oxidation sites excluding steroid dienone is 1. The molecule has 0 amide bonds. The van der Waals surface area contributed by atoms with Crippen LogP contribution in [0.3, 0.4) is 0 Å². The van der Waals surface area contributed by atoms with Gasteiger partial charge in [-0.15, -0.1) is 0 Å². The monoisotopic (exact) mass is 220 g/mol. The van der Waals surface area contributed by atoms with Crippen molar-refractivity contribution >= 4 is 11.9 Å². The topological polar surface area (TPSA) is 46.5 Å². The van der Waals surface area contributed by atoms with E-state index in [9.17, 15) is 9.90 Å². The second-order valence-corrected chi connectivity index (χ2v) is 3.54. The largest absolute Gasteiger partial charge is 0.504 e. The van der Waals surface area contributed by atoms with Gasteiger partial charge in [0.15, 0.2) is 17.3 Å². The highest BCUT2D eigenvalue weighted by atomic mass is 16.5. The lowest BCUT2D eigenvalue weighted by atomic mass is 10.1. The minimum Gasteiger partial charge on any atom is -0.504 e. The molecule has 3 heteroatoms. The molecule has 0 fully saturated rings. The number of carbonyl (C=O) groups is 1. The van der Waals surface area contributed by atoms with Crippen molar-refractivity contribution in [2.24, 2.45) is 0 Å². The van der Waals surface area contributed by atoms with Gasteiger partial charge >= 0.3 is 0 Å². The maximum Gasteiger partial charge on any atom is 0.161 e. The van der Waals surface area contributed by atoms with E-state index in [2.05, 4.69) is 0 Å². The number of aromatic hydroxyl groups is 1. The molecule has 0 aliphatic carbocycles. The summed E-state index contributed by atoms with van der Waals surface area (Å²) in [5.74, 6) is 0.582. The first-order valence-corrected chi connectivity index (χ1v) is 5.19. The van der Waals surface area contributed by atoms with Gasteiger partial charge in [-0.05, 0) is 50.1 Å². The molecule has 0 saturated heterocycles. The minimum absolute atomic E-state index is 0.0334. The zero-order chi connectivity index (χ0) is 12.1. The van der Waals surface area contributed by atoms with E-state index in [0.29, 0.717) is 17.9 Å². The predicted molar refractivity (Wildman–Crippen MR) is 63.6 cm³/mol. The SMILES string of the molecule is CCOc1cc(/C=C(/C)C(C)=O)ccc1O. The lowest BCUT2D eigenvalue weighted by molar-refractivity contribution is -0.113. The van der Waals surface area contributed by atoms with Gasteiger partial charge in [-0.3, -0.25) is 4.79 Å². The molecule has 86 valence electrons. The van der Waals surface area contributed by atoms with Crippen LogP contribution in [0.2, 0.25) is 0 Å². The summed E-state index contributed by atoms with van der Waals surface area (Å²) in [4.78, 5) is 11.1. The number of carbonyl (C=O) groups excluding carboxylic acids is 1. The Morgan fingerprint density at radius 1 is 1.44 bits per heavy atom. The average molecular weight is 220 g/mol. The molecular weight excluding hydrogens is 204 g/mol. The summed E-state index contributed by atoms with van der Waals surface area (Å²) in [6.45, 7) is 5.63. The van der Waals surface area contributed by atoms with Crippen LogP contribution in [0, 0.1) is 0 Å². The molecule has 0 aliphatic heterocycles. The van der Waals surface area contributed by atoms with Crippen LogP contribution in [-0.2, 0) is 4.79 Å². The number of hydrogen-bond acceptors (Lipinski definition) is 3. The maximum atomic E-state index is 11.1. The van der Waals surface area contributed by atoms with Crippen LogP contribution in [-0.4, -0.2) is 17.5 Å². The molecule has 1 aromatic carbocycles. The van der Waals surface area contributed by atoms with E-state index in [-0.39, 0.29) is 11.5 Å². The Balaban J connectivity index is 3.03. The quantitative estimate of drug-likeness (QED) is 0.793. The second-order valence-electron chi connectivity index (χ2n) is 3.54. The number of rotatable bonds is 4. The number of hydrogen-bond donors (Lipinski definition) is 1. The highest BCUT2D eigenvalue weighted by Crippen LogP contribution is 2.27. The van der Waals surface area contributed by atoms with Crippen LogP contribution in [0.25, 0.3) is 6.08 Å². The van der Waals surface area contributed by atoms with E-state index in [1.54, 1.807) is 31.2 Å². The van der Waals surface area contributed by atoms with E-state index in [1.165, 1.54) is 6.92 Å². The molecule has 1 N–H and O–H groups in total. The summed E-state index contributed by atoms with van der Waals surface area (Å²) < 4.78 is 5.26. The first-order valence-electron chi connectivity index (χ1n) is 5.19. The zero-order valence-electron chi connectivity index (χ0n) is 9.78. The van der Waals surface area contributed by atoms with Gasteiger partial charge in [-0.2, -0.15) is 0 Å². The van der Waals surface area contributed by atoms with Crippen molar-refractivity contribution < 1.29 is 14.6 Å². The molecule has 0 atom stereocenters. The Morgan fingerprint density at radius 2 is 2.12 bits per heavy atom. The first-order chi connectivity index (χ1) is 7.54. The minimum atomic E-state index is 0.0334. The average Bonchev–Trinajstić information content (AvgIpc) is 2.23. The van der Waals surface area contributed by atoms with Crippen LogP contribution in [0.15, 0.2) is 23.8 Å². The van der Waals surface area contributed by atoms with Gasteiger partial charge in [0.05, 0.1) is 6.61 Å². The number of benzene rings is 1. The summed E-state index contributed by atoms with van der Waals surface area (Å²) in [7, 11) is 0. The van der Waals surface area contributed by atoms with Crippen LogP contribution >= 0.6 is 0 Å². The van der Waals surface area contributed by atoms with Gasteiger partial charge in [0.25, 0.3) is 0 Å². The number of phenols is 1. The van der Waals surface area contributed by atoms with Gasteiger partial charge < -0.3 is 9.84 Å². The van der Waals surface area contributed by atoms with Crippen molar-refractivity contribution in [1.82, 2.24) is 0 Å². The van der Waals surface area contributed by atoms with Gasteiger partial charge in [0, 0.05) is 0 Å². The fourth-order valence-electron chi connectivity index (χ4n) is 1.24. The third-order valence-electron chi connectivity index (χ3n) is 2.22. The molecule has 0 heterocycles. The molecule has 1 aromatic rings. The molecule has 0 unspecified atom stereocenters. The van der Waals surface area contributed by atoms with Gasteiger partial charge in [-0.25, -0.2) is 0 Å². The fraction of sp³-hybridized carbons (Fsp3) is 0.308. The summed E-state index contributed by atoms with van der Waals surface area (Å²) in [6, 6.07) is 5.01. The Hall–Kier alpha value is -1.77. The van der Waals surface area contributed by atoms with Crippen LogP contribution in [0.5, 0.6) is 11.5 Å². The molecular formula is C13H16O3. The lowest BCUT2D eigenvalue weighted by Crippen LogP contribution is -1.93. The Kier molecular flexibility index (Phi) is 4.11. The van der Waals surface area contributed by atoms with E-state index < -0.39 is 0 Å². The number of ketones is 1. The van der Waals surface area contributed by atoms with E-state index in [4.69, 9.17) is 4.74 Å². The fourth-order valence-corrected chi connectivity index (χ4v) is 1.24. The predicted octanol–water partition coefficient (Wildman–Crippen LogP) is 2.78. The zero-order valence-corrected chi connectivity index (χ0v) is 9.78. The Labute approximate surface area is 95.4 Å². The van der Waals surface area contributed by atoms with Crippen molar-refractivity contribution in [1.29, 1.82) is 0 Å². The molecule has 0 radical (unpaired) electrons. The van der Waals surface area contributed by atoms with Crippen LogP contribution in [0.4, 0.5) is 0 Å². The van der Waals surface area contributed by atoms with Crippen LogP contribution in [0.1, 0.15) is 26.3 Å². The van der Waals surface area contributed by atoms with Gasteiger partial charge in [0.1, 0.15) is 0 Å². The Morgan fingerprint density at radius 3 is 2.69 bits per heavy atom. The van der Waals surface area contributed by atoms with Crippen molar-refractivity contribution in [3.05, 3.63) is 29.3 Å². The summed E-state index contributed by atoms with van der Waals surface area (Å²) in [6.07, 6.45) is 1.77. The summed E-state index contributed by atoms with van der Waals surface area (Å²) in [5, 5.41) is 9.50. The van der Waals surface area contributed by atoms with E-state index in [1.807, 2.05) is 6.92 Å². The van der Waals surface area contributed by atoms with Gasteiger partial charge in [-0.1, -0.05) is 6.07 Å². The first kappa shape index (κ1) is 12.3.